The van der Waals surface area contributed by atoms with E-state index in [0.717, 1.165) is 77.0 Å². The Morgan fingerprint density at radius 2 is 0.456 bits per heavy atom. The van der Waals surface area contributed by atoms with Crippen LogP contribution in [0.2, 0.25) is 0 Å². The number of esters is 3. The monoisotopic (exact) mass is 1110 g/mol. The van der Waals surface area contributed by atoms with Crippen molar-refractivity contribution in [2.24, 2.45) is 0 Å². The molecule has 6 heteroatoms. The molecule has 464 valence electrons. The molecule has 0 saturated heterocycles. The number of allylic oxidation sites excluding steroid dienone is 6. The third-order valence-corrected chi connectivity index (χ3v) is 16.1. The molecule has 1 unspecified atom stereocenters. The highest BCUT2D eigenvalue weighted by Crippen LogP contribution is 2.18. The van der Waals surface area contributed by atoms with Crippen molar-refractivity contribution in [3.63, 3.8) is 0 Å². The molecule has 0 N–H and O–H groups in total. The average molecular weight is 1110 g/mol. The molecule has 0 amide bonds. The van der Waals surface area contributed by atoms with Crippen LogP contribution in [0.1, 0.15) is 393 Å². The van der Waals surface area contributed by atoms with Gasteiger partial charge in [-0.3, -0.25) is 14.4 Å². The first-order valence-electron chi connectivity index (χ1n) is 35.5. The third-order valence-electron chi connectivity index (χ3n) is 16.1. The van der Waals surface area contributed by atoms with Crippen molar-refractivity contribution in [2.45, 2.75) is 399 Å². The SMILES string of the molecule is CCCCCC/C=C\C/C=C\CCCCCCCC(=O)OCC(COC(=O)CCCCCCCCCCCCCCCCCCCCCCCCCCCC)OC(=O)CCCCCCCCCCC/C=C\CCCCCCCC. The van der Waals surface area contributed by atoms with Gasteiger partial charge < -0.3 is 14.2 Å². The lowest BCUT2D eigenvalue weighted by Crippen LogP contribution is -2.30. The highest BCUT2D eigenvalue weighted by molar-refractivity contribution is 5.71. The van der Waals surface area contributed by atoms with Crippen molar-refractivity contribution in [3.8, 4) is 0 Å². The van der Waals surface area contributed by atoms with Crippen molar-refractivity contribution in [2.75, 3.05) is 13.2 Å². The van der Waals surface area contributed by atoms with E-state index in [9.17, 15) is 14.4 Å². The Bertz CT molecular complexity index is 1320. The van der Waals surface area contributed by atoms with Gasteiger partial charge in [-0.25, -0.2) is 0 Å². The van der Waals surface area contributed by atoms with E-state index in [1.54, 1.807) is 0 Å². The van der Waals surface area contributed by atoms with Gasteiger partial charge in [0.15, 0.2) is 6.10 Å². The maximum absolute atomic E-state index is 12.9. The summed E-state index contributed by atoms with van der Waals surface area (Å²) in [6.07, 6.45) is 84.6. The van der Waals surface area contributed by atoms with Crippen LogP contribution >= 0.6 is 0 Å². The Kier molecular flexibility index (Phi) is 66.1. The second-order valence-electron chi connectivity index (χ2n) is 24.1. The summed E-state index contributed by atoms with van der Waals surface area (Å²) in [6.45, 7) is 6.68. The fraction of sp³-hybridized carbons (Fsp3) is 0.877. The van der Waals surface area contributed by atoms with Gasteiger partial charge in [-0.1, -0.05) is 333 Å². The Morgan fingerprint density at radius 3 is 0.722 bits per heavy atom. The maximum atomic E-state index is 12.9. The van der Waals surface area contributed by atoms with E-state index < -0.39 is 6.10 Å². The Hall–Kier alpha value is -2.37. The van der Waals surface area contributed by atoms with Gasteiger partial charge >= 0.3 is 17.9 Å². The van der Waals surface area contributed by atoms with Crippen LogP contribution in [-0.4, -0.2) is 37.2 Å². The van der Waals surface area contributed by atoms with Crippen LogP contribution in [0.4, 0.5) is 0 Å². The van der Waals surface area contributed by atoms with Gasteiger partial charge in [0.25, 0.3) is 0 Å². The summed E-state index contributed by atoms with van der Waals surface area (Å²) in [7, 11) is 0. The molecule has 0 aliphatic carbocycles. The summed E-state index contributed by atoms with van der Waals surface area (Å²) in [5.41, 5.74) is 0. The number of hydrogen-bond acceptors (Lipinski definition) is 6. The first-order valence-corrected chi connectivity index (χ1v) is 35.5. The molecule has 0 saturated carbocycles. The molecule has 0 aliphatic heterocycles. The van der Waals surface area contributed by atoms with Crippen LogP contribution in [0.25, 0.3) is 0 Å². The van der Waals surface area contributed by atoms with E-state index in [1.165, 1.54) is 276 Å². The quantitative estimate of drug-likeness (QED) is 0.0261. The lowest BCUT2D eigenvalue weighted by Gasteiger charge is -2.18. The molecule has 1 atom stereocenters. The van der Waals surface area contributed by atoms with Crippen LogP contribution in [0, 0.1) is 0 Å². The Morgan fingerprint density at radius 1 is 0.253 bits per heavy atom. The molecule has 79 heavy (non-hydrogen) atoms. The first kappa shape index (κ1) is 76.6. The second-order valence-corrected chi connectivity index (χ2v) is 24.1. The largest absolute Gasteiger partial charge is 0.462 e. The van der Waals surface area contributed by atoms with Gasteiger partial charge in [-0.15, -0.1) is 0 Å². The first-order chi connectivity index (χ1) is 39.0. The smallest absolute Gasteiger partial charge is 0.306 e. The van der Waals surface area contributed by atoms with Gasteiger partial charge in [0.1, 0.15) is 13.2 Å². The van der Waals surface area contributed by atoms with Crippen LogP contribution in [0.3, 0.4) is 0 Å². The molecular formula is C73H136O6. The van der Waals surface area contributed by atoms with Gasteiger partial charge in [-0.05, 0) is 77.0 Å². The van der Waals surface area contributed by atoms with Crippen LogP contribution in [0.15, 0.2) is 36.5 Å². The van der Waals surface area contributed by atoms with E-state index in [2.05, 4.69) is 57.2 Å². The van der Waals surface area contributed by atoms with Crippen LogP contribution < -0.4 is 0 Å². The molecule has 0 aromatic carbocycles. The third kappa shape index (κ3) is 66.3. The van der Waals surface area contributed by atoms with Crippen molar-refractivity contribution in [1.82, 2.24) is 0 Å². The molecule has 0 aromatic rings. The summed E-state index contributed by atoms with van der Waals surface area (Å²) >= 11 is 0. The van der Waals surface area contributed by atoms with E-state index in [4.69, 9.17) is 14.2 Å². The number of unbranched alkanes of at least 4 members (excludes halogenated alkanes) is 49. The number of carbonyl (C=O) groups excluding carboxylic acids is 3. The molecule has 6 nitrogen and oxygen atoms in total. The molecular weight excluding hydrogens is 973 g/mol. The second kappa shape index (κ2) is 68.1. The highest BCUT2D eigenvalue weighted by atomic mass is 16.6. The van der Waals surface area contributed by atoms with Gasteiger partial charge in [0.05, 0.1) is 0 Å². The van der Waals surface area contributed by atoms with Crippen LogP contribution in [-0.2, 0) is 28.6 Å². The van der Waals surface area contributed by atoms with E-state index in [1.807, 2.05) is 0 Å². The predicted molar refractivity (Wildman–Crippen MR) is 344 cm³/mol. The van der Waals surface area contributed by atoms with Gasteiger partial charge in [0.2, 0.25) is 0 Å². The van der Waals surface area contributed by atoms with Crippen molar-refractivity contribution in [3.05, 3.63) is 36.5 Å². The normalized spacial score (nSPS) is 12.2. The summed E-state index contributed by atoms with van der Waals surface area (Å²) < 4.78 is 17.0. The summed E-state index contributed by atoms with van der Waals surface area (Å²) in [4.78, 5) is 38.4. The minimum Gasteiger partial charge on any atom is -0.462 e. The predicted octanol–water partition coefficient (Wildman–Crippen LogP) is 24.3. The highest BCUT2D eigenvalue weighted by Gasteiger charge is 2.19. The molecule has 0 rings (SSSR count). The average Bonchev–Trinajstić information content (AvgIpc) is 3.45. The fourth-order valence-electron chi connectivity index (χ4n) is 10.8. The minimum atomic E-state index is -0.778. The van der Waals surface area contributed by atoms with Crippen LogP contribution in [0.5, 0.6) is 0 Å². The van der Waals surface area contributed by atoms with E-state index in [0.29, 0.717) is 19.3 Å². The zero-order valence-corrected chi connectivity index (χ0v) is 53.4. The number of ether oxygens (including phenoxy) is 3. The van der Waals surface area contributed by atoms with Gasteiger partial charge in [0, 0.05) is 19.3 Å². The molecule has 0 heterocycles. The zero-order valence-electron chi connectivity index (χ0n) is 53.4. The minimum absolute atomic E-state index is 0.0728. The molecule has 0 aromatic heterocycles. The fourth-order valence-corrected chi connectivity index (χ4v) is 10.8. The van der Waals surface area contributed by atoms with Crippen molar-refractivity contribution < 1.29 is 28.6 Å². The molecule has 0 fully saturated rings. The van der Waals surface area contributed by atoms with E-state index in [-0.39, 0.29) is 31.1 Å². The summed E-state index contributed by atoms with van der Waals surface area (Å²) in [5.74, 6) is -0.861. The standard InChI is InChI=1S/C73H136O6/c1-4-7-10-13-16-19-22-25-28-31-33-34-35-36-37-38-39-41-42-45-48-51-54-57-60-63-66-72(75)78-69-70(68-77-71(74)65-62-59-56-53-50-47-44-30-27-24-21-18-15-12-9-6-3)79-73(76)67-64-61-58-55-52-49-46-43-40-32-29-26-23-20-17-14-11-8-5-2/h21,24,26,29-30,44,70H,4-20,22-23,25,27-28,31-43,45-69H2,1-3H3/b24-21-,29-26-,44-30-. The lowest BCUT2D eigenvalue weighted by molar-refractivity contribution is -0.167. The molecule has 0 spiro atoms. The maximum Gasteiger partial charge on any atom is 0.306 e. The summed E-state index contributed by atoms with van der Waals surface area (Å²) in [5, 5.41) is 0. The zero-order chi connectivity index (χ0) is 57.1. The Labute approximate surface area is 493 Å². The molecule has 0 radical (unpaired) electrons. The Balaban J connectivity index is 4.26. The number of rotatable bonds is 66. The van der Waals surface area contributed by atoms with E-state index >= 15 is 0 Å². The lowest BCUT2D eigenvalue weighted by atomic mass is 10.0. The van der Waals surface area contributed by atoms with Crippen molar-refractivity contribution in [1.29, 1.82) is 0 Å². The number of hydrogen-bond donors (Lipinski definition) is 0. The van der Waals surface area contributed by atoms with Gasteiger partial charge in [-0.2, -0.15) is 0 Å². The molecule has 0 aliphatic rings. The molecule has 0 bridgehead atoms. The summed E-state index contributed by atoms with van der Waals surface area (Å²) in [6, 6.07) is 0. The van der Waals surface area contributed by atoms with Crippen molar-refractivity contribution >= 4 is 17.9 Å². The topological polar surface area (TPSA) is 78.9 Å². The number of carbonyl (C=O) groups is 3.